The number of para-hydroxylation sites is 1. The van der Waals surface area contributed by atoms with Crippen LogP contribution >= 0.6 is 11.3 Å². The van der Waals surface area contributed by atoms with Crippen LogP contribution in [-0.4, -0.2) is 47.4 Å². The van der Waals surface area contributed by atoms with Crippen molar-refractivity contribution >= 4 is 23.2 Å². The molecule has 1 fully saturated rings. The van der Waals surface area contributed by atoms with Gasteiger partial charge >= 0.3 is 0 Å². The molecule has 1 atom stereocenters. The van der Waals surface area contributed by atoms with Gasteiger partial charge in [-0.1, -0.05) is 24.3 Å². The molecule has 0 unspecified atom stereocenters. The van der Waals surface area contributed by atoms with Crippen LogP contribution in [0.2, 0.25) is 0 Å². The van der Waals surface area contributed by atoms with Gasteiger partial charge in [0.15, 0.2) is 0 Å². The Balaban J connectivity index is 1.34. The highest BCUT2D eigenvalue weighted by molar-refractivity contribution is 7.10. The molecule has 0 radical (unpaired) electrons. The molecule has 170 valence electrons. The van der Waals surface area contributed by atoms with Crippen molar-refractivity contribution in [3.63, 3.8) is 0 Å². The zero-order valence-electron chi connectivity index (χ0n) is 18.2. The molecule has 2 aromatic carbocycles. The lowest BCUT2D eigenvalue weighted by Crippen LogP contribution is -2.48. The number of halogens is 1. The maximum absolute atomic E-state index is 13.7. The van der Waals surface area contributed by atoms with E-state index < -0.39 is 5.82 Å². The van der Waals surface area contributed by atoms with Crippen molar-refractivity contribution in [3.8, 4) is 5.75 Å². The first-order chi connectivity index (χ1) is 16.1. The van der Waals surface area contributed by atoms with Gasteiger partial charge in [0, 0.05) is 23.0 Å². The maximum atomic E-state index is 13.7. The quantitative estimate of drug-likeness (QED) is 0.510. The summed E-state index contributed by atoms with van der Waals surface area (Å²) in [7, 11) is 0. The van der Waals surface area contributed by atoms with Crippen LogP contribution in [0.5, 0.6) is 5.75 Å². The Kier molecular flexibility index (Phi) is 6.13. The van der Waals surface area contributed by atoms with Crippen LogP contribution in [-0.2, 0) is 11.2 Å². The maximum Gasteiger partial charge on any atom is 0.254 e. The van der Waals surface area contributed by atoms with Crippen molar-refractivity contribution in [1.29, 1.82) is 0 Å². The average molecular weight is 465 g/mol. The minimum absolute atomic E-state index is 0.0126. The smallest absolute Gasteiger partial charge is 0.254 e. The van der Waals surface area contributed by atoms with Crippen LogP contribution < -0.4 is 4.74 Å². The number of fused-ring (bicyclic) bond motifs is 1. The van der Waals surface area contributed by atoms with Crippen LogP contribution in [0.3, 0.4) is 0 Å². The molecule has 2 aliphatic rings. The molecule has 1 aliphatic heterocycles. The fourth-order valence-corrected chi connectivity index (χ4v) is 5.27. The molecule has 0 spiro atoms. The summed E-state index contributed by atoms with van der Waals surface area (Å²) < 4.78 is 19.7. The molecule has 5 nitrogen and oxygen atoms in total. The van der Waals surface area contributed by atoms with Crippen molar-refractivity contribution in [2.24, 2.45) is 0 Å². The minimum atomic E-state index is -0.456. The topological polar surface area (TPSA) is 49.9 Å². The third kappa shape index (κ3) is 4.78. The van der Waals surface area contributed by atoms with Crippen LogP contribution in [0.25, 0.3) is 0 Å². The van der Waals surface area contributed by atoms with Gasteiger partial charge in [-0.05, 0) is 66.6 Å². The molecular weight excluding hydrogens is 439 g/mol. The van der Waals surface area contributed by atoms with Gasteiger partial charge in [-0.3, -0.25) is 9.59 Å². The van der Waals surface area contributed by atoms with Gasteiger partial charge in [0.05, 0.1) is 6.04 Å². The minimum Gasteiger partial charge on any atom is -0.491 e. The zero-order valence-corrected chi connectivity index (χ0v) is 19.0. The SMILES string of the molecule is O=C(c1cccc(F)c1)N(CC(=O)N1CCc2sccc2[C@@H]1COc1ccccc1)C1CC1. The first-order valence-corrected chi connectivity index (χ1v) is 12.1. The number of carbonyl (C=O) groups excluding carboxylic acids is 2. The first-order valence-electron chi connectivity index (χ1n) is 11.2. The highest BCUT2D eigenvalue weighted by Gasteiger charge is 2.38. The lowest BCUT2D eigenvalue weighted by Gasteiger charge is -2.37. The molecule has 3 aromatic rings. The van der Waals surface area contributed by atoms with E-state index in [2.05, 4.69) is 11.4 Å². The van der Waals surface area contributed by atoms with Crippen molar-refractivity contribution in [3.05, 3.63) is 87.9 Å². The molecule has 33 heavy (non-hydrogen) atoms. The van der Waals surface area contributed by atoms with E-state index in [1.54, 1.807) is 22.3 Å². The van der Waals surface area contributed by atoms with Crippen molar-refractivity contribution in [1.82, 2.24) is 9.80 Å². The summed E-state index contributed by atoms with van der Waals surface area (Å²) in [4.78, 5) is 31.3. The van der Waals surface area contributed by atoms with Gasteiger partial charge in [-0.2, -0.15) is 0 Å². The normalized spacial score (nSPS) is 17.4. The molecular formula is C26H25FN2O3S. The van der Waals surface area contributed by atoms with Crippen LogP contribution in [0.4, 0.5) is 4.39 Å². The molecule has 0 bridgehead atoms. The van der Waals surface area contributed by atoms with E-state index in [0.29, 0.717) is 13.2 Å². The fourth-order valence-electron chi connectivity index (χ4n) is 4.34. The van der Waals surface area contributed by atoms with Gasteiger partial charge in [0.1, 0.15) is 24.7 Å². The Bertz CT molecular complexity index is 1150. The number of nitrogens with zero attached hydrogens (tertiary/aromatic N) is 2. The number of hydrogen-bond acceptors (Lipinski definition) is 4. The standard InChI is InChI=1S/C26H25FN2O3S/c27-19-6-4-5-18(15-19)26(31)29(20-9-10-20)16-25(30)28-13-11-24-22(12-14-33-24)23(28)17-32-21-7-2-1-3-8-21/h1-8,12,14-15,20,23H,9-11,13,16-17H2/t23-/m0/s1. The third-order valence-electron chi connectivity index (χ3n) is 6.19. The van der Waals surface area contributed by atoms with Gasteiger partial charge in [-0.15, -0.1) is 11.3 Å². The second-order valence-electron chi connectivity index (χ2n) is 8.45. The Morgan fingerprint density at radius 2 is 1.91 bits per heavy atom. The molecule has 1 saturated carbocycles. The largest absolute Gasteiger partial charge is 0.491 e. The summed E-state index contributed by atoms with van der Waals surface area (Å²) in [6.07, 6.45) is 2.52. The molecule has 1 aromatic heterocycles. The molecule has 2 heterocycles. The molecule has 0 N–H and O–H groups in total. The summed E-state index contributed by atoms with van der Waals surface area (Å²) in [5.74, 6) is -0.101. The molecule has 7 heteroatoms. The van der Waals surface area contributed by atoms with E-state index in [1.807, 2.05) is 35.2 Å². The zero-order chi connectivity index (χ0) is 22.8. The van der Waals surface area contributed by atoms with E-state index in [-0.39, 0.29) is 36.0 Å². The van der Waals surface area contributed by atoms with Crippen molar-refractivity contribution in [2.45, 2.75) is 31.3 Å². The van der Waals surface area contributed by atoms with E-state index in [9.17, 15) is 14.0 Å². The second kappa shape index (κ2) is 9.35. The van der Waals surface area contributed by atoms with Gasteiger partial charge in [0.25, 0.3) is 5.91 Å². The van der Waals surface area contributed by atoms with Crippen molar-refractivity contribution in [2.75, 3.05) is 19.7 Å². The van der Waals surface area contributed by atoms with E-state index >= 15 is 0 Å². The molecule has 0 saturated heterocycles. The van der Waals surface area contributed by atoms with E-state index in [0.717, 1.165) is 30.6 Å². The molecule has 5 rings (SSSR count). The summed E-state index contributed by atoms with van der Waals surface area (Å²) in [5, 5.41) is 2.05. The van der Waals surface area contributed by atoms with E-state index in [4.69, 9.17) is 4.74 Å². The number of ether oxygens (including phenoxy) is 1. The van der Waals surface area contributed by atoms with Crippen LogP contribution in [0.1, 0.15) is 39.7 Å². The second-order valence-corrected chi connectivity index (χ2v) is 9.45. The highest BCUT2D eigenvalue weighted by Crippen LogP contribution is 2.35. The number of amides is 2. The number of hydrogen-bond donors (Lipinski definition) is 0. The fraction of sp³-hybridized carbons (Fsp3) is 0.308. The number of carbonyl (C=O) groups is 2. The van der Waals surface area contributed by atoms with Gasteiger partial charge in [0.2, 0.25) is 5.91 Å². The number of rotatable bonds is 7. The average Bonchev–Trinajstić information content (AvgIpc) is 3.56. The van der Waals surface area contributed by atoms with E-state index in [1.165, 1.54) is 23.1 Å². The predicted molar refractivity (Wildman–Crippen MR) is 125 cm³/mol. The van der Waals surface area contributed by atoms with Crippen LogP contribution in [0, 0.1) is 5.82 Å². The number of benzene rings is 2. The summed E-state index contributed by atoms with van der Waals surface area (Å²) >= 11 is 1.70. The summed E-state index contributed by atoms with van der Waals surface area (Å²) in [6.45, 7) is 0.921. The predicted octanol–water partition coefficient (Wildman–Crippen LogP) is 4.70. The lowest BCUT2D eigenvalue weighted by atomic mass is 10.0. The Morgan fingerprint density at radius 3 is 2.67 bits per heavy atom. The molecule has 1 aliphatic carbocycles. The Labute approximate surface area is 196 Å². The molecule has 2 amide bonds. The summed E-state index contributed by atoms with van der Waals surface area (Å²) in [5.41, 5.74) is 1.39. The van der Waals surface area contributed by atoms with Gasteiger partial charge in [-0.25, -0.2) is 4.39 Å². The summed E-state index contributed by atoms with van der Waals surface area (Å²) in [6, 6.07) is 17.1. The Hall–Kier alpha value is -3.19. The lowest BCUT2D eigenvalue weighted by molar-refractivity contribution is -0.135. The van der Waals surface area contributed by atoms with Crippen LogP contribution in [0.15, 0.2) is 66.0 Å². The highest BCUT2D eigenvalue weighted by atomic mass is 32.1. The van der Waals surface area contributed by atoms with Crippen molar-refractivity contribution < 1.29 is 18.7 Å². The number of thiophene rings is 1. The third-order valence-corrected chi connectivity index (χ3v) is 7.19. The Morgan fingerprint density at radius 1 is 1.09 bits per heavy atom. The first kappa shape index (κ1) is 21.6. The monoisotopic (exact) mass is 464 g/mol. The van der Waals surface area contributed by atoms with Gasteiger partial charge < -0.3 is 14.5 Å².